The van der Waals surface area contributed by atoms with E-state index in [-0.39, 0.29) is 6.42 Å². The number of nitrogens with one attached hydrogen (secondary N) is 1. The second-order valence-electron chi connectivity index (χ2n) is 3.85. The van der Waals surface area contributed by atoms with Gasteiger partial charge in [-0.25, -0.2) is 9.97 Å². The van der Waals surface area contributed by atoms with E-state index in [1.165, 1.54) is 6.33 Å². The number of aliphatic carboxylic acids is 1. The van der Waals surface area contributed by atoms with Gasteiger partial charge in [0.25, 0.3) is 0 Å². The fourth-order valence-electron chi connectivity index (χ4n) is 1.41. The van der Waals surface area contributed by atoms with E-state index in [0.717, 1.165) is 11.6 Å². The number of anilines is 2. The number of nitrogens with zero attached hydrogens (tertiary/aromatic N) is 3. The summed E-state index contributed by atoms with van der Waals surface area (Å²) in [4.78, 5) is 20.6. The van der Waals surface area contributed by atoms with Crippen LogP contribution in [0.2, 0.25) is 0 Å². The summed E-state index contributed by atoms with van der Waals surface area (Å²) in [5.41, 5.74) is 0. The number of rotatable bonds is 8. The monoisotopic (exact) mass is 250 g/mol. The molecule has 18 heavy (non-hydrogen) atoms. The van der Waals surface area contributed by atoms with Gasteiger partial charge in [-0.2, -0.15) is 0 Å². The van der Waals surface area contributed by atoms with E-state index < -0.39 is 5.97 Å². The average molecular weight is 250 g/mol. The van der Waals surface area contributed by atoms with Crippen molar-refractivity contribution < 1.29 is 9.90 Å². The first-order chi connectivity index (χ1) is 8.63. The van der Waals surface area contributed by atoms with Crippen LogP contribution >= 0.6 is 0 Å². The molecule has 0 aromatic carbocycles. The van der Waals surface area contributed by atoms with Crippen molar-refractivity contribution >= 4 is 17.6 Å². The summed E-state index contributed by atoms with van der Waals surface area (Å²) >= 11 is 0. The van der Waals surface area contributed by atoms with Crippen LogP contribution < -0.4 is 10.2 Å². The molecule has 0 saturated heterocycles. The van der Waals surface area contributed by atoms with E-state index in [1.807, 2.05) is 18.0 Å². The van der Waals surface area contributed by atoms with Gasteiger partial charge in [-0.15, -0.1) is 6.58 Å². The maximum atomic E-state index is 10.4. The minimum absolute atomic E-state index is 0.164. The first-order valence-electron chi connectivity index (χ1n) is 5.73. The van der Waals surface area contributed by atoms with E-state index in [9.17, 15) is 4.79 Å². The van der Waals surface area contributed by atoms with Crippen LogP contribution in [0.25, 0.3) is 0 Å². The lowest BCUT2D eigenvalue weighted by atomic mass is 10.3. The molecule has 0 spiro atoms. The number of carboxylic acid groups (broad SMARTS) is 1. The summed E-state index contributed by atoms with van der Waals surface area (Å²) in [5.74, 6) is 0.714. The molecule has 0 radical (unpaired) electrons. The second kappa shape index (κ2) is 7.26. The Bertz CT molecular complexity index is 409. The molecule has 0 saturated carbocycles. The van der Waals surface area contributed by atoms with Gasteiger partial charge in [-0.3, -0.25) is 4.79 Å². The standard InChI is InChI=1S/C12H18N4O2/c1-3-6-13-10-8-11(15-9-14-10)16(2)7-4-5-12(17)18/h3,8-9H,1,4-7H2,2H3,(H,17,18)(H,13,14,15). The topological polar surface area (TPSA) is 78.4 Å². The van der Waals surface area contributed by atoms with E-state index >= 15 is 0 Å². The van der Waals surface area contributed by atoms with Crippen LogP contribution in [0.4, 0.5) is 11.6 Å². The van der Waals surface area contributed by atoms with Gasteiger partial charge in [-0.1, -0.05) is 6.08 Å². The molecule has 6 heteroatoms. The van der Waals surface area contributed by atoms with Gasteiger partial charge < -0.3 is 15.3 Å². The number of carbonyl (C=O) groups is 1. The molecule has 1 aromatic heterocycles. The molecule has 2 N–H and O–H groups in total. The largest absolute Gasteiger partial charge is 0.481 e. The third kappa shape index (κ3) is 4.82. The Morgan fingerprint density at radius 3 is 3.06 bits per heavy atom. The molecular formula is C12H18N4O2. The minimum Gasteiger partial charge on any atom is -0.481 e. The van der Waals surface area contributed by atoms with Crippen LogP contribution in [0.1, 0.15) is 12.8 Å². The van der Waals surface area contributed by atoms with Crippen LogP contribution in [0.15, 0.2) is 25.0 Å². The predicted octanol–water partition coefficient (Wildman–Crippen LogP) is 1.38. The van der Waals surface area contributed by atoms with E-state index in [1.54, 1.807) is 6.08 Å². The highest BCUT2D eigenvalue weighted by atomic mass is 16.4. The van der Waals surface area contributed by atoms with Gasteiger partial charge in [0.2, 0.25) is 0 Å². The van der Waals surface area contributed by atoms with Crippen molar-refractivity contribution in [2.75, 3.05) is 30.4 Å². The summed E-state index contributed by atoms with van der Waals surface area (Å²) < 4.78 is 0. The first kappa shape index (κ1) is 14.0. The highest BCUT2D eigenvalue weighted by molar-refractivity contribution is 5.66. The number of aromatic nitrogens is 2. The Balaban J connectivity index is 2.53. The number of hydrogen-bond donors (Lipinski definition) is 2. The Labute approximate surface area is 106 Å². The van der Waals surface area contributed by atoms with Crippen LogP contribution in [-0.2, 0) is 4.79 Å². The molecule has 1 heterocycles. The second-order valence-corrected chi connectivity index (χ2v) is 3.85. The lowest BCUT2D eigenvalue weighted by molar-refractivity contribution is -0.137. The lowest BCUT2D eigenvalue weighted by Crippen LogP contribution is -2.20. The first-order valence-corrected chi connectivity index (χ1v) is 5.73. The van der Waals surface area contributed by atoms with Crippen molar-refractivity contribution in [1.29, 1.82) is 0 Å². The third-order valence-corrected chi connectivity index (χ3v) is 2.36. The normalized spacial score (nSPS) is 9.83. The summed E-state index contributed by atoms with van der Waals surface area (Å²) in [7, 11) is 1.88. The van der Waals surface area contributed by atoms with Gasteiger partial charge in [0.05, 0.1) is 0 Å². The van der Waals surface area contributed by atoms with Crippen molar-refractivity contribution in [2.45, 2.75) is 12.8 Å². The van der Waals surface area contributed by atoms with E-state index in [4.69, 9.17) is 5.11 Å². The molecule has 1 aromatic rings. The van der Waals surface area contributed by atoms with Crippen LogP contribution in [0.3, 0.4) is 0 Å². The maximum absolute atomic E-state index is 10.4. The van der Waals surface area contributed by atoms with Crippen LogP contribution in [0, 0.1) is 0 Å². The fourth-order valence-corrected chi connectivity index (χ4v) is 1.41. The highest BCUT2D eigenvalue weighted by Gasteiger charge is 2.05. The molecule has 98 valence electrons. The van der Waals surface area contributed by atoms with Crippen LogP contribution in [-0.4, -0.2) is 41.2 Å². The molecule has 0 aliphatic heterocycles. The average Bonchev–Trinajstić information content (AvgIpc) is 2.36. The maximum Gasteiger partial charge on any atom is 0.303 e. The summed E-state index contributed by atoms with van der Waals surface area (Å²) in [6.07, 6.45) is 3.98. The number of carboxylic acids is 1. The smallest absolute Gasteiger partial charge is 0.303 e. The van der Waals surface area contributed by atoms with Gasteiger partial charge in [0.1, 0.15) is 18.0 Å². The zero-order chi connectivity index (χ0) is 13.4. The lowest BCUT2D eigenvalue weighted by Gasteiger charge is -2.17. The molecule has 1 rings (SSSR count). The Kier molecular flexibility index (Phi) is 5.63. The van der Waals surface area contributed by atoms with E-state index in [0.29, 0.717) is 19.5 Å². The van der Waals surface area contributed by atoms with Gasteiger partial charge in [-0.05, 0) is 6.42 Å². The minimum atomic E-state index is -0.778. The molecular weight excluding hydrogens is 232 g/mol. The Morgan fingerprint density at radius 2 is 2.39 bits per heavy atom. The van der Waals surface area contributed by atoms with Gasteiger partial charge in [0, 0.05) is 32.6 Å². The van der Waals surface area contributed by atoms with Crippen molar-refractivity contribution in [3.8, 4) is 0 Å². The van der Waals surface area contributed by atoms with Gasteiger partial charge >= 0.3 is 5.97 Å². The summed E-state index contributed by atoms with van der Waals surface area (Å²) in [6.45, 7) is 4.90. The number of hydrogen-bond acceptors (Lipinski definition) is 5. The summed E-state index contributed by atoms with van der Waals surface area (Å²) in [6, 6.07) is 1.82. The zero-order valence-electron chi connectivity index (χ0n) is 10.5. The molecule has 0 atom stereocenters. The molecule has 0 amide bonds. The van der Waals surface area contributed by atoms with Crippen LogP contribution in [0.5, 0.6) is 0 Å². The molecule has 0 fully saturated rings. The SMILES string of the molecule is C=CCNc1cc(N(C)CCCC(=O)O)ncn1. The fraction of sp³-hybridized carbons (Fsp3) is 0.417. The zero-order valence-corrected chi connectivity index (χ0v) is 10.5. The highest BCUT2D eigenvalue weighted by Crippen LogP contribution is 2.12. The molecule has 0 aliphatic rings. The molecule has 0 bridgehead atoms. The summed E-state index contributed by atoms with van der Waals surface area (Å²) in [5, 5.41) is 11.6. The Hall–Kier alpha value is -2.11. The molecule has 6 nitrogen and oxygen atoms in total. The van der Waals surface area contributed by atoms with Gasteiger partial charge in [0.15, 0.2) is 0 Å². The van der Waals surface area contributed by atoms with Crippen molar-refractivity contribution in [3.05, 3.63) is 25.0 Å². The van der Waals surface area contributed by atoms with Crippen molar-refractivity contribution in [1.82, 2.24) is 9.97 Å². The van der Waals surface area contributed by atoms with Crippen molar-refractivity contribution in [2.24, 2.45) is 0 Å². The van der Waals surface area contributed by atoms with E-state index in [2.05, 4.69) is 21.9 Å². The molecule has 0 unspecified atom stereocenters. The quantitative estimate of drug-likeness (QED) is 0.679. The van der Waals surface area contributed by atoms with Crippen molar-refractivity contribution in [3.63, 3.8) is 0 Å². The third-order valence-electron chi connectivity index (χ3n) is 2.36. The molecule has 0 aliphatic carbocycles. The Morgan fingerprint density at radius 1 is 1.61 bits per heavy atom. The predicted molar refractivity (Wildman–Crippen MR) is 70.9 cm³/mol.